The van der Waals surface area contributed by atoms with Gasteiger partial charge in [-0.25, -0.2) is 9.97 Å². The number of imidazole rings is 1. The zero-order valence-corrected chi connectivity index (χ0v) is 15.2. The van der Waals surface area contributed by atoms with Gasteiger partial charge in [0.25, 0.3) is 0 Å². The fraction of sp³-hybridized carbons (Fsp3) is 0.0952. The molecule has 0 amide bonds. The van der Waals surface area contributed by atoms with Crippen LogP contribution in [0.3, 0.4) is 0 Å². The third-order valence-electron chi connectivity index (χ3n) is 4.00. The molecule has 7 nitrogen and oxygen atoms in total. The van der Waals surface area contributed by atoms with Crippen LogP contribution < -0.4 is 15.4 Å². The molecule has 2 aromatic carbocycles. The topological polar surface area (TPSA) is 76.9 Å². The summed E-state index contributed by atoms with van der Waals surface area (Å²) >= 11 is 0. The van der Waals surface area contributed by atoms with Crippen molar-refractivity contribution in [1.82, 2.24) is 19.5 Å². The number of rotatable bonds is 8. The Morgan fingerprint density at radius 1 is 0.929 bits per heavy atom. The maximum Gasteiger partial charge on any atom is 0.229 e. The summed E-state index contributed by atoms with van der Waals surface area (Å²) in [4.78, 5) is 12.8. The van der Waals surface area contributed by atoms with Crippen molar-refractivity contribution in [3.8, 4) is 11.4 Å². The van der Waals surface area contributed by atoms with E-state index < -0.39 is 0 Å². The van der Waals surface area contributed by atoms with Crippen molar-refractivity contribution in [3.63, 3.8) is 0 Å². The lowest BCUT2D eigenvalue weighted by molar-refractivity contribution is 0.333. The maximum atomic E-state index is 5.67. The highest BCUT2D eigenvalue weighted by Gasteiger charge is 2.02. The van der Waals surface area contributed by atoms with Crippen LogP contribution >= 0.6 is 0 Å². The lowest BCUT2D eigenvalue weighted by Crippen LogP contribution is -2.12. The number of ether oxygens (including phenoxy) is 1. The van der Waals surface area contributed by atoms with Gasteiger partial charge in [-0.3, -0.25) is 0 Å². The second kappa shape index (κ2) is 8.68. The molecule has 7 heteroatoms. The molecule has 0 aliphatic heterocycles. The Balaban J connectivity index is 1.31. The molecule has 0 radical (unpaired) electrons. The molecule has 2 aromatic heterocycles. The average molecular weight is 372 g/mol. The van der Waals surface area contributed by atoms with Crippen molar-refractivity contribution in [2.24, 2.45) is 0 Å². The Morgan fingerprint density at radius 3 is 2.57 bits per heavy atom. The van der Waals surface area contributed by atoms with Gasteiger partial charge in [-0.15, -0.1) is 0 Å². The molecule has 2 N–H and O–H groups in total. The lowest BCUT2D eigenvalue weighted by atomic mass is 10.3. The number of hydrogen-bond acceptors (Lipinski definition) is 6. The predicted molar refractivity (Wildman–Crippen MR) is 109 cm³/mol. The quantitative estimate of drug-likeness (QED) is 0.457. The number of nitrogens with one attached hydrogen (secondary N) is 2. The molecular formula is C21H20N6O. The molecule has 4 aromatic rings. The maximum absolute atomic E-state index is 5.67. The first-order chi connectivity index (χ1) is 13.9. The normalized spacial score (nSPS) is 10.4. The molecule has 0 saturated carbocycles. The van der Waals surface area contributed by atoms with Gasteiger partial charge >= 0.3 is 0 Å². The highest BCUT2D eigenvalue weighted by atomic mass is 16.5. The molecule has 0 aliphatic rings. The summed E-state index contributed by atoms with van der Waals surface area (Å²) in [5, 5.41) is 6.46. The smallest absolute Gasteiger partial charge is 0.229 e. The largest absolute Gasteiger partial charge is 0.492 e. The lowest BCUT2D eigenvalue weighted by Gasteiger charge is -2.10. The van der Waals surface area contributed by atoms with Crippen molar-refractivity contribution in [3.05, 3.63) is 85.6 Å². The summed E-state index contributed by atoms with van der Waals surface area (Å²) in [6.07, 6.45) is 7.14. The van der Waals surface area contributed by atoms with E-state index in [4.69, 9.17) is 4.74 Å². The van der Waals surface area contributed by atoms with Gasteiger partial charge in [-0.1, -0.05) is 18.2 Å². The first-order valence-electron chi connectivity index (χ1n) is 8.97. The first kappa shape index (κ1) is 17.5. The molecule has 28 heavy (non-hydrogen) atoms. The standard InChI is InChI=1S/C21H20N6O/c1-2-4-19(5-3-1)28-15-13-23-20-10-11-24-21(26-20)25-17-6-8-18(9-7-17)27-14-12-22-16-27/h1-12,14,16H,13,15H2,(H2,23,24,25,26). The van der Waals surface area contributed by atoms with E-state index in [1.165, 1.54) is 0 Å². The van der Waals surface area contributed by atoms with Crippen LogP contribution in [0.4, 0.5) is 17.5 Å². The van der Waals surface area contributed by atoms with Crippen molar-refractivity contribution in [1.29, 1.82) is 0 Å². The van der Waals surface area contributed by atoms with E-state index in [0.29, 0.717) is 19.1 Å². The number of para-hydroxylation sites is 1. The second-order valence-corrected chi connectivity index (χ2v) is 6.00. The summed E-state index contributed by atoms with van der Waals surface area (Å²) in [7, 11) is 0. The van der Waals surface area contributed by atoms with Gasteiger partial charge in [0.2, 0.25) is 5.95 Å². The summed E-state index contributed by atoms with van der Waals surface area (Å²) in [5.74, 6) is 2.13. The van der Waals surface area contributed by atoms with Crippen LogP contribution in [0.1, 0.15) is 0 Å². The van der Waals surface area contributed by atoms with Crippen molar-refractivity contribution in [2.75, 3.05) is 23.8 Å². The Bertz CT molecular complexity index is 987. The van der Waals surface area contributed by atoms with Gasteiger partial charge in [-0.2, -0.15) is 4.98 Å². The number of aromatic nitrogens is 4. The van der Waals surface area contributed by atoms with Crippen LogP contribution in [0.25, 0.3) is 5.69 Å². The van der Waals surface area contributed by atoms with Crippen LogP contribution in [-0.4, -0.2) is 32.7 Å². The summed E-state index contributed by atoms with van der Waals surface area (Å²) in [6.45, 7) is 1.19. The van der Waals surface area contributed by atoms with Crippen molar-refractivity contribution >= 4 is 17.5 Å². The van der Waals surface area contributed by atoms with E-state index in [9.17, 15) is 0 Å². The molecule has 0 atom stereocenters. The van der Waals surface area contributed by atoms with Gasteiger partial charge in [0.15, 0.2) is 0 Å². The van der Waals surface area contributed by atoms with Crippen LogP contribution in [0.2, 0.25) is 0 Å². The third-order valence-corrected chi connectivity index (χ3v) is 4.00. The second-order valence-electron chi connectivity index (χ2n) is 6.00. The molecule has 0 spiro atoms. The van der Waals surface area contributed by atoms with Crippen LogP contribution in [-0.2, 0) is 0 Å². The Morgan fingerprint density at radius 2 is 1.79 bits per heavy atom. The van der Waals surface area contributed by atoms with E-state index in [0.717, 1.165) is 22.9 Å². The average Bonchev–Trinajstić information content (AvgIpc) is 3.28. The molecule has 0 bridgehead atoms. The van der Waals surface area contributed by atoms with Gasteiger partial charge in [0.05, 0.1) is 12.9 Å². The number of anilines is 3. The summed E-state index contributed by atoms with van der Waals surface area (Å²) in [6, 6.07) is 19.5. The minimum atomic E-state index is 0.532. The van der Waals surface area contributed by atoms with Gasteiger partial charge in [0.1, 0.15) is 18.2 Å². The van der Waals surface area contributed by atoms with Crippen molar-refractivity contribution < 1.29 is 4.74 Å². The minimum Gasteiger partial charge on any atom is -0.492 e. The van der Waals surface area contributed by atoms with E-state index >= 15 is 0 Å². The minimum absolute atomic E-state index is 0.532. The van der Waals surface area contributed by atoms with Crippen LogP contribution in [0.5, 0.6) is 5.75 Å². The van der Waals surface area contributed by atoms with E-state index in [1.54, 1.807) is 18.7 Å². The SMILES string of the molecule is c1ccc(OCCNc2ccnc(Nc3ccc(-n4ccnc4)cc3)n2)cc1. The zero-order chi connectivity index (χ0) is 19.0. The molecular weight excluding hydrogens is 352 g/mol. The summed E-state index contributed by atoms with van der Waals surface area (Å²) < 4.78 is 7.61. The monoisotopic (exact) mass is 372 g/mol. The summed E-state index contributed by atoms with van der Waals surface area (Å²) in [5.41, 5.74) is 1.95. The Labute approximate surface area is 163 Å². The molecule has 0 unspecified atom stereocenters. The molecule has 140 valence electrons. The van der Waals surface area contributed by atoms with Crippen LogP contribution in [0, 0.1) is 0 Å². The Kier molecular flexibility index (Phi) is 5.44. The van der Waals surface area contributed by atoms with Gasteiger partial charge in [0, 0.05) is 30.0 Å². The molecule has 2 heterocycles. The number of hydrogen-bond donors (Lipinski definition) is 2. The van der Waals surface area contributed by atoms with Crippen molar-refractivity contribution in [2.45, 2.75) is 0 Å². The van der Waals surface area contributed by atoms with E-state index in [1.807, 2.05) is 71.4 Å². The number of nitrogens with zero attached hydrogens (tertiary/aromatic N) is 4. The third kappa shape index (κ3) is 4.64. The molecule has 4 rings (SSSR count). The predicted octanol–water partition coefficient (Wildman–Crippen LogP) is 3.90. The van der Waals surface area contributed by atoms with E-state index in [2.05, 4.69) is 25.6 Å². The zero-order valence-electron chi connectivity index (χ0n) is 15.2. The van der Waals surface area contributed by atoms with E-state index in [-0.39, 0.29) is 0 Å². The molecule has 0 fully saturated rings. The highest BCUT2D eigenvalue weighted by Crippen LogP contribution is 2.17. The number of benzene rings is 2. The first-order valence-corrected chi connectivity index (χ1v) is 8.97. The highest BCUT2D eigenvalue weighted by molar-refractivity contribution is 5.56. The van der Waals surface area contributed by atoms with Gasteiger partial charge < -0.3 is 19.9 Å². The Hall–Kier alpha value is -3.87. The molecule has 0 saturated heterocycles. The fourth-order valence-corrected chi connectivity index (χ4v) is 2.64. The van der Waals surface area contributed by atoms with Crippen LogP contribution in [0.15, 0.2) is 85.6 Å². The fourth-order valence-electron chi connectivity index (χ4n) is 2.64. The molecule has 0 aliphatic carbocycles. The van der Waals surface area contributed by atoms with Gasteiger partial charge in [-0.05, 0) is 42.5 Å².